The Morgan fingerprint density at radius 3 is 2.39 bits per heavy atom. The number of benzene rings is 1. The molecule has 2 amide bonds. The van der Waals surface area contributed by atoms with E-state index in [2.05, 4.69) is 21.6 Å². The maximum atomic E-state index is 13.2. The summed E-state index contributed by atoms with van der Waals surface area (Å²) in [5.74, 6) is 1.50. The smallest absolute Gasteiger partial charge is 0.316 e. The van der Waals surface area contributed by atoms with Gasteiger partial charge in [0.15, 0.2) is 0 Å². The van der Waals surface area contributed by atoms with E-state index in [1.165, 1.54) is 31.5 Å². The average Bonchev–Trinajstić information content (AvgIpc) is 3.48. The number of aryl methyl sites for hydroxylation is 1. The molecule has 4 heterocycles. The molecule has 3 unspecified atom stereocenters. The minimum Gasteiger partial charge on any atom is -0.316 e. The molecule has 1 saturated carbocycles. The summed E-state index contributed by atoms with van der Waals surface area (Å²) in [7, 11) is 1.80. The highest BCUT2D eigenvalue weighted by Crippen LogP contribution is 2.40. The highest BCUT2D eigenvalue weighted by molar-refractivity contribution is 6.00. The average molecular weight is 452 g/mol. The van der Waals surface area contributed by atoms with Crippen molar-refractivity contribution in [2.75, 3.05) is 26.2 Å². The van der Waals surface area contributed by atoms with Gasteiger partial charge < -0.3 is 10.2 Å². The van der Waals surface area contributed by atoms with Crippen molar-refractivity contribution in [1.82, 2.24) is 24.7 Å². The molecule has 33 heavy (non-hydrogen) atoms. The fourth-order valence-corrected chi connectivity index (χ4v) is 7.04. The van der Waals surface area contributed by atoms with E-state index in [1.54, 1.807) is 16.2 Å². The number of nitrogens with one attached hydrogen (secondary N) is 2. The molecule has 4 fully saturated rings. The van der Waals surface area contributed by atoms with Gasteiger partial charge in [-0.2, -0.15) is 0 Å². The summed E-state index contributed by atoms with van der Waals surface area (Å²) >= 11 is 0. The van der Waals surface area contributed by atoms with Gasteiger partial charge in [0.1, 0.15) is 6.04 Å². The van der Waals surface area contributed by atoms with Crippen LogP contribution in [0.3, 0.4) is 0 Å². The number of para-hydroxylation sites is 1. The lowest BCUT2D eigenvalue weighted by Gasteiger charge is -2.36. The Bertz CT molecular complexity index is 1150. The number of hydrogen-bond donors (Lipinski definition) is 2. The lowest BCUT2D eigenvalue weighted by Crippen LogP contribution is -2.44. The van der Waals surface area contributed by atoms with E-state index in [9.17, 15) is 14.4 Å². The molecular weight excluding hydrogens is 418 g/mol. The van der Waals surface area contributed by atoms with Gasteiger partial charge in [-0.15, -0.1) is 0 Å². The van der Waals surface area contributed by atoms with Gasteiger partial charge >= 0.3 is 5.69 Å². The third-order valence-corrected chi connectivity index (χ3v) is 8.77. The Balaban J connectivity index is 1.25. The second-order valence-electron chi connectivity index (χ2n) is 10.5. The van der Waals surface area contributed by atoms with E-state index in [0.717, 1.165) is 54.8 Å². The number of aromatic nitrogens is 2. The molecule has 8 heteroatoms. The van der Waals surface area contributed by atoms with Gasteiger partial charge in [-0.3, -0.25) is 24.0 Å². The molecule has 2 aromatic rings. The Labute approximate surface area is 193 Å². The van der Waals surface area contributed by atoms with E-state index in [0.29, 0.717) is 12.3 Å². The van der Waals surface area contributed by atoms with Gasteiger partial charge in [-0.05, 0) is 87.7 Å². The first kappa shape index (κ1) is 21.1. The molecule has 3 atom stereocenters. The number of carbonyl (C=O) groups is 2. The fraction of sp³-hybridized carbons (Fsp3) is 0.640. The number of nitrogens with zero attached hydrogens (tertiary/aromatic N) is 3. The summed E-state index contributed by atoms with van der Waals surface area (Å²) in [4.78, 5) is 40.1. The summed E-state index contributed by atoms with van der Waals surface area (Å²) in [5.41, 5.74) is 2.76. The molecular formula is C25H33N5O3. The van der Waals surface area contributed by atoms with Crippen LogP contribution in [-0.4, -0.2) is 58.1 Å². The second-order valence-corrected chi connectivity index (χ2v) is 10.5. The molecule has 1 aromatic carbocycles. The maximum absolute atomic E-state index is 13.2. The highest BCUT2D eigenvalue weighted by atomic mass is 16.2. The zero-order valence-corrected chi connectivity index (χ0v) is 19.3. The number of carbonyl (C=O) groups excluding carboxylic acids is 2. The van der Waals surface area contributed by atoms with Crippen LogP contribution < -0.4 is 16.3 Å². The predicted octanol–water partition coefficient (Wildman–Crippen LogP) is 1.50. The normalized spacial score (nSPS) is 31.3. The zero-order chi connectivity index (χ0) is 22.7. The molecule has 6 rings (SSSR count). The highest BCUT2D eigenvalue weighted by Gasteiger charge is 2.40. The van der Waals surface area contributed by atoms with Gasteiger partial charge in [0.2, 0.25) is 11.8 Å². The Kier molecular flexibility index (Phi) is 5.18. The number of likely N-dealkylation sites (tertiary alicyclic amines) is 1. The Morgan fingerprint density at radius 1 is 0.970 bits per heavy atom. The first-order chi connectivity index (χ1) is 16.0. The van der Waals surface area contributed by atoms with Crippen molar-refractivity contribution in [2.45, 2.75) is 56.5 Å². The molecule has 2 N–H and O–H groups in total. The molecule has 3 aliphatic heterocycles. The van der Waals surface area contributed by atoms with Crippen LogP contribution in [-0.2, 0) is 16.6 Å². The minimum atomic E-state index is -0.632. The third kappa shape index (κ3) is 3.46. The monoisotopic (exact) mass is 451 g/mol. The van der Waals surface area contributed by atoms with E-state index < -0.39 is 6.04 Å². The van der Waals surface area contributed by atoms with E-state index in [1.807, 2.05) is 12.1 Å². The summed E-state index contributed by atoms with van der Waals surface area (Å²) < 4.78 is 3.30. The van der Waals surface area contributed by atoms with Crippen LogP contribution in [0.2, 0.25) is 0 Å². The number of imide groups is 1. The van der Waals surface area contributed by atoms with Crippen LogP contribution in [0.4, 0.5) is 0 Å². The van der Waals surface area contributed by atoms with Crippen molar-refractivity contribution in [3.8, 4) is 0 Å². The topological polar surface area (TPSA) is 88.4 Å². The molecule has 3 saturated heterocycles. The Hall–Kier alpha value is -2.45. The van der Waals surface area contributed by atoms with Crippen molar-refractivity contribution in [3.05, 3.63) is 34.2 Å². The quantitative estimate of drug-likeness (QED) is 0.691. The first-order valence-electron chi connectivity index (χ1n) is 12.5. The lowest BCUT2D eigenvalue weighted by atomic mass is 9.87. The van der Waals surface area contributed by atoms with Gasteiger partial charge in [-0.1, -0.05) is 12.1 Å². The van der Waals surface area contributed by atoms with Gasteiger partial charge in [0, 0.05) is 19.5 Å². The van der Waals surface area contributed by atoms with Crippen LogP contribution in [0.25, 0.3) is 11.0 Å². The molecule has 176 valence electrons. The Morgan fingerprint density at radius 2 is 1.70 bits per heavy atom. The maximum Gasteiger partial charge on any atom is 0.329 e. The fourth-order valence-electron chi connectivity index (χ4n) is 7.04. The largest absolute Gasteiger partial charge is 0.329 e. The van der Waals surface area contributed by atoms with Crippen LogP contribution in [0.15, 0.2) is 23.0 Å². The molecule has 0 radical (unpaired) electrons. The third-order valence-electron chi connectivity index (χ3n) is 8.77. The van der Waals surface area contributed by atoms with Crippen molar-refractivity contribution >= 4 is 22.8 Å². The van der Waals surface area contributed by atoms with Gasteiger partial charge in [0.05, 0.1) is 11.0 Å². The molecule has 1 aromatic heterocycles. The molecule has 0 bridgehead atoms. The summed E-state index contributed by atoms with van der Waals surface area (Å²) in [6, 6.07) is 6.20. The van der Waals surface area contributed by atoms with E-state index >= 15 is 0 Å². The van der Waals surface area contributed by atoms with Crippen molar-refractivity contribution in [1.29, 1.82) is 0 Å². The van der Waals surface area contributed by atoms with Crippen molar-refractivity contribution in [3.63, 3.8) is 0 Å². The number of fused-ring (bicyclic) bond motifs is 2. The first-order valence-corrected chi connectivity index (χ1v) is 12.5. The number of amides is 2. The van der Waals surface area contributed by atoms with E-state index in [4.69, 9.17) is 0 Å². The number of hydrogen-bond acceptors (Lipinski definition) is 5. The van der Waals surface area contributed by atoms with Gasteiger partial charge in [-0.25, -0.2) is 4.79 Å². The molecule has 4 aliphatic rings. The predicted molar refractivity (Wildman–Crippen MR) is 125 cm³/mol. The van der Waals surface area contributed by atoms with Gasteiger partial charge in [0.25, 0.3) is 0 Å². The van der Waals surface area contributed by atoms with Crippen LogP contribution in [0.5, 0.6) is 0 Å². The minimum absolute atomic E-state index is 0.185. The second kappa shape index (κ2) is 8.09. The summed E-state index contributed by atoms with van der Waals surface area (Å²) in [6.45, 7) is 4.61. The molecule has 0 spiro atoms. The van der Waals surface area contributed by atoms with Crippen LogP contribution in [0.1, 0.15) is 56.0 Å². The number of imidazole rings is 1. The standard InChI is InChI=1S/C25H33N5O3/c1-28-23-19(15-7-9-29(10-8-15)18-11-16-13-26-14-17(16)12-18)3-2-4-20(23)30(25(28)33)21-5-6-22(31)27-24(21)32/h2-4,15-18,21,26H,5-14H2,1H3,(H,27,31,32). The number of piperidine rings is 2. The SMILES string of the molecule is Cn1c(=O)n(C2CCC(=O)NC2=O)c2cccc(C3CCN(C4CC5CNCC5C4)CC3)c21. The van der Waals surface area contributed by atoms with Crippen molar-refractivity contribution < 1.29 is 9.59 Å². The zero-order valence-electron chi connectivity index (χ0n) is 19.3. The van der Waals surface area contributed by atoms with E-state index in [-0.39, 0.29) is 23.9 Å². The van der Waals surface area contributed by atoms with Crippen molar-refractivity contribution in [2.24, 2.45) is 18.9 Å². The summed E-state index contributed by atoms with van der Waals surface area (Å²) in [6.07, 6.45) is 5.49. The molecule has 1 aliphatic carbocycles. The molecule has 8 nitrogen and oxygen atoms in total. The summed E-state index contributed by atoms with van der Waals surface area (Å²) in [5, 5.41) is 5.94. The van der Waals surface area contributed by atoms with Crippen LogP contribution in [0, 0.1) is 11.8 Å². The lowest BCUT2D eigenvalue weighted by molar-refractivity contribution is -0.135. The van der Waals surface area contributed by atoms with Crippen LogP contribution >= 0.6 is 0 Å². The number of rotatable bonds is 3.